The van der Waals surface area contributed by atoms with Crippen molar-refractivity contribution in [2.24, 2.45) is 0 Å². The Kier molecular flexibility index (Phi) is 3.97. The lowest BCUT2D eigenvalue weighted by Crippen LogP contribution is -2.08. The van der Waals surface area contributed by atoms with Crippen molar-refractivity contribution in [1.29, 1.82) is 0 Å². The molecule has 0 N–H and O–H groups in total. The van der Waals surface area contributed by atoms with Crippen LogP contribution in [0.1, 0.15) is 48.6 Å². The molecule has 1 aliphatic heterocycles. The summed E-state index contributed by atoms with van der Waals surface area (Å²) in [5, 5.41) is 1.23. The van der Waals surface area contributed by atoms with Gasteiger partial charge in [-0.05, 0) is 59.7 Å². The van der Waals surface area contributed by atoms with Crippen LogP contribution in [0.15, 0.2) is 48.5 Å². The minimum Gasteiger partial charge on any atom is -0.493 e. The van der Waals surface area contributed by atoms with Gasteiger partial charge >= 0.3 is 0 Å². The number of aryl methyl sites for hydroxylation is 1. The molecule has 24 heavy (non-hydrogen) atoms. The topological polar surface area (TPSA) is 22.1 Å². The second-order valence-electron chi connectivity index (χ2n) is 6.98. The van der Waals surface area contributed by atoms with Gasteiger partial charge in [-0.25, -0.2) is 0 Å². The van der Waals surface area contributed by atoms with Crippen molar-refractivity contribution in [3.63, 3.8) is 0 Å². The maximum Gasteiger partial charge on any atom is 0.122 e. The van der Waals surface area contributed by atoms with Crippen LogP contribution < -0.4 is 4.74 Å². The molecule has 2 aromatic carbocycles. The first-order valence-electron chi connectivity index (χ1n) is 8.83. The number of hydrogen-bond acceptors (Lipinski definition) is 2. The standard InChI is InChI=1S/C22H23NO/c1-15(2)17-7-9-21-18(14-17)6-8-20(23-21)13-16-5-10-22-19(12-16)4-3-11-24-22/h5-10,12,14-15H,3-4,11,13H2,1-2H3. The normalized spacial score (nSPS) is 13.8. The van der Waals surface area contributed by atoms with Crippen LogP contribution in [-0.2, 0) is 12.8 Å². The summed E-state index contributed by atoms with van der Waals surface area (Å²) in [6.45, 7) is 5.29. The zero-order valence-corrected chi connectivity index (χ0v) is 14.4. The third-order valence-corrected chi connectivity index (χ3v) is 4.80. The summed E-state index contributed by atoms with van der Waals surface area (Å²) < 4.78 is 5.70. The highest BCUT2D eigenvalue weighted by Crippen LogP contribution is 2.27. The number of rotatable bonds is 3. The average molecular weight is 317 g/mol. The summed E-state index contributed by atoms with van der Waals surface area (Å²) in [5.74, 6) is 1.60. The van der Waals surface area contributed by atoms with Gasteiger partial charge in [0, 0.05) is 17.5 Å². The maximum atomic E-state index is 5.70. The minimum absolute atomic E-state index is 0.548. The minimum atomic E-state index is 0.548. The van der Waals surface area contributed by atoms with Crippen molar-refractivity contribution in [2.75, 3.05) is 6.61 Å². The van der Waals surface area contributed by atoms with Crippen LogP contribution in [0.5, 0.6) is 5.75 Å². The molecule has 4 rings (SSSR count). The van der Waals surface area contributed by atoms with Gasteiger partial charge in [-0.3, -0.25) is 4.98 Å². The van der Waals surface area contributed by atoms with Crippen LogP contribution in [0.2, 0.25) is 0 Å². The number of aromatic nitrogens is 1. The molecule has 2 nitrogen and oxygen atoms in total. The second-order valence-corrected chi connectivity index (χ2v) is 6.98. The lowest BCUT2D eigenvalue weighted by Gasteiger charge is -2.17. The predicted molar refractivity (Wildman–Crippen MR) is 98.9 cm³/mol. The van der Waals surface area contributed by atoms with Crippen LogP contribution in [0.3, 0.4) is 0 Å². The lowest BCUT2D eigenvalue weighted by molar-refractivity contribution is 0.288. The largest absolute Gasteiger partial charge is 0.493 e. The Morgan fingerprint density at radius 1 is 1.04 bits per heavy atom. The van der Waals surface area contributed by atoms with Gasteiger partial charge in [0.25, 0.3) is 0 Å². The molecule has 0 bridgehead atoms. The van der Waals surface area contributed by atoms with Gasteiger partial charge in [0.15, 0.2) is 0 Å². The first-order valence-corrected chi connectivity index (χ1v) is 8.83. The SMILES string of the molecule is CC(C)c1ccc2nc(Cc3ccc4c(c3)CCCO4)ccc2c1. The van der Waals surface area contributed by atoms with E-state index in [-0.39, 0.29) is 0 Å². The monoisotopic (exact) mass is 317 g/mol. The van der Waals surface area contributed by atoms with E-state index in [9.17, 15) is 0 Å². The Hall–Kier alpha value is -2.35. The smallest absolute Gasteiger partial charge is 0.122 e. The Labute approximate surface area is 143 Å². The highest BCUT2D eigenvalue weighted by atomic mass is 16.5. The Morgan fingerprint density at radius 3 is 2.83 bits per heavy atom. The van der Waals surface area contributed by atoms with Crippen molar-refractivity contribution in [2.45, 2.75) is 39.0 Å². The Bertz CT molecular complexity index is 882. The molecule has 0 atom stereocenters. The van der Waals surface area contributed by atoms with Crippen molar-refractivity contribution in [1.82, 2.24) is 4.98 Å². The number of pyridine rings is 1. The van der Waals surface area contributed by atoms with Gasteiger partial charge in [-0.15, -0.1) is 0 Å². The maximum absolute atomic E-state index is 5.70. The summed E-state index contributed by atoms with van der Waals surface area (Å²) in [6.07, 6.45) is 3.10. The highest BCUT2D eigenvalue weighted by Gasteiger charge is 2.11. The average Bonchev–Trinajstić information content (AvgIpc) is 2.61. The summed E-state index contributed by atoms with van der Waals surface area (Å²) in [4.78, 5) is 4.85. The van der Waals surface area contributed by atoms with Gasteiger partial charge in [-0.1, -0.05) is 38.1 Å². The number of nitrogens with zero attached hydrogens (tertiary/aromatic N) is 1. The second kappa shape index (κ2) is 6.27. The molecule has 2 heterocycles. The molecule has 3 aromatic rings. The Morgan fingerprint density at radius 2 is 1.96 bits per heavy atom. The first-order chi connectivity index (χ1) is 11.7. The fourth-order valence-electron chi connectivity index (χ4n) is 3.38. The fourth-order valence-corrected chi connectivity index (χ4v) is 3.38. The van der Waals surface area contributed by atoms with Crippen LogP contribution in [0, 0.1) is 0 Å². The number of fused-ring (bicyclic) bond motifs is 2. The molecule has 1 aliphatic rings. The predicted octanol–water partition coefficient (Wildman–Crippen LogP) is 5.27. The van der Waals surface area contributed by atoms with Gasteiger partial charge in [0.05, 0.1) is 12.1 Å². The lowest BCUT2D eigenvalue weighted by atomic mass is 9.99. The van der Waals surface area contributed by atoms with Crippen LogP contribution in [-0.4, -0.2) is 11.6 Å². The van der Waals surface area contributed by atoms with Crippen LogP contribution in [0.4, 0.5) is 0 Å². The van der Waals surface area contributed by atoms with Crippen LogP contribution in [0.25, 0.3) is 10.9 Å². The fraction of sp³-hybridized carbons (Fsp3) is 0.318. The molecule has 0 fully saturated rings. The van der Waals surface area contributed by atoms with Gasteiger partial charge in [0.2, 0.25) is 0 Å². The van der Waals surface area contributed by atoms with E-state index in [2.05, 4.69) is 62.4 Å². The summed E-state index contributed by atoms with van der Waals surface area (Å²) in [7, 11) is 0. The molecule has 2 heteroatoms. The molecule has 0 saturated heterocycles. The van der Waals surface area contributed by atoms with Crippen molar-refractivity contribution >= 4 is 10.9 Å². The molecule has 0 amide bonds. The first kappa shape index (κ1) is 15.2. The van der Waals surface area contributed by atoms with E-state index in [0.717, 1.165) is 42.8 Å². The van der Waals surface area contributed by atoms with E-state index in [1.54, 1.807) is 0 Å². The van der Waals surface area contributed by atoms with E-state index in [4.69, 9.17) is 9.72 Å². The van der Waals surface area contributed by atoms with E-state index >= 15 is 0 Å². The third-order valence-electron chi connectivity index (χ3n) is 4.80. The number of benzene rings is 2. The quantitative estimate of drug-likeness (QED) is 0.656. The van der Waals surface area contributed by atoms with E-state index in [1.807, 2.05) is 0 Å². The van der Waals surface area contributed by atoms with E-state index < -0.39 is 0 Å². The third kappa shape index (κ3) is 3.01. The van der Waals surface area contributed by atoms with Crippen molar-refractivity contribution < 1.29 is 4.74 Å². The molecule has 0 unspecified atom stereocenters. The van der Waals surface area contributed by atoms with Gasteiger partial charge in [0.1, 0.15) is 5.75 Å². The molecule has 122 valence electrons. The van der Waals surface area contributed by atoms with E-state index in [1.165, 1.54) is 22.1 Å². The highest BCUT2D eigenvalue weighted by molar-refractivity contribution is 5.79. The summed E-state index contributed by atoms with van der Waals surface area (Å²) >= 11 is 0. The zero-order chi connectivity index (χ0) is 16.5. The zero-order valence-electron chi connectivity index (χ0n) is 14.4. The van der Waals surface area contributed by atoms with Crippen LogP contribution >= 0.6 is 0 Å². The van der Waals surface area contributed by atoms with Gasteiger partial charge in [-0.2, -0.15) is 0 Å². The molecule has 1 aromatic heterocycles. The van der Waals surface area contributed by atoms with Crippen molar-refractivity contribution in [3.05, 3.63) is 70.9 Å². The molecule has 0 spiro atoms. The molecular weight excluding hydrogens is 294 g/mol. The van der Waals surface area contributed by atoms with Crippen molar-refractivity contribution in [3.8, 4) is 5.75 Å². The molecule has 0 radical (unpaired) electrons. The molecule has 0 aliphatic carbocycles. The summed E-state index contributed by atoms with van der Waals surface area (Å²) in [5.41, 5.74) is 6.22. The number of ether oxygens (including phenoxy) is 1. The molecular formula is C22H23NO. The molecule has 0 saturated carbocycles. The summed E-state index contributed by atoms with van der Waals surface area (Å²) in [6, 6.07) is 17.5. The van der Waals surface area contributed by atoms with Gasteiger partial charge < -0.3 is 4.74 Å². The van der Waals surface area contributed by atoms with E-state index in [0.29, 0.717) is 5.92 Å². The number of hydrogen-bond donors (Lipinski definition) is 0. The Balaban J connectivity index is 1.61.